The van der Waals surface area contributed by atoms with Crippen LogP contribution in [0.25, 0.3) is 0 Å². The van der Waals surface area contributed by atoms with E-state index in [9.17, 15) is 28.1 Å². The highest BCUT2D eigenvalue weighted by Gasteiger charge is 2.30. The van der Waals surface area contributed by atoms with Gasteiger partial charge in [0.05, 0.1) is 26.2 Å². The summed E-state index contributed by atoms with van der Waals surface area (Å²) in [7, 11) is -3.79. The molecule has 1 heterocycles. The molecule has 0 spiro atoms. The number of carbonyl (C=O) groups excluding carboxylic acids is 2. The Morgan fingerprint density at radius 3 is 2.58 bits per heavy atom. The second-order valence-electron chi connectivity index (χ2n) is 6.96. The fourth-order valence-electron chi connectivity index (χ4n) is 3.28. The molecule has 0 unspecified atom stereocenters. The molecule has 0 saturated carbocycles. The third kappa shape index (κ3) is 5.07. The molecule has 3 rings (SSSR count). The number of halogens is 1. The van der Waals surface area contributed by atoms with Crippen molar-refractivity contribution in [1.82, 2.24) is 4.31 Å². The molecular weight excluding hydrogens is 476 g/mol. The molecule has 0 atom stereocenters. The van der Waals surface area contributed by atoms with E-state index in [0.717, 1.165) is 11.0 Å². The maximum Gasteiger partial charge on any atom is 0.271 e. The normalized spacial score (nSPS) is 13.5. The van der Waals surface area contributed by atoms with Gasteiger partial charge in [0.15, 0.2) is 6.61 Å². The van der Waals surface area contributed by atoms with Crippen molar-refractivity contribution in [2.24, 2.45) is 0 Å². The van der Waals surface area contributed by atoms with Gasteiger partial charge in [0.2, 0.25) is 15.9 Å². The number of carbonyl (C=O) groups is 2. The van der Waals surface area contributed by atoms with Crippen LogP contribution in [-0.4, -0.2) is 55.7 Å². The summed E-state index contributed by atoms with van der Waals surface area (Å²) in [5.41, 5.74) is -0.135. The molecule has 2 aromatic rings. The van der Waals surface area contributed by atoms with Crippen molar-refractivity contribution in [1.29, 1.82) is 0 Å². The first kappa shape index (κ1) is 24.4. The van der Waals surface area contributed by atoms with E-state index in [1.807, 2.05) is 0 Å². The average Bonchev–Trinajstić information content (AvgIpc) is 2.77. The first-order valence-corrected chi connectivity index (χ1v) is 11.7. The van der Waals surface area contributed by atoms with E-state index in [-0.39, 0.29) is 52.4 Å². The Morgan fingerprint density at radius 1 is 1.24 bits per heavy atom. The Balaban J connectivity index is 1.86. The summed E-state index contributed by atoms with van der Waals surface area (Å²) in [6.07, 6.45) is 0. The summed E-state index contributed by atoms with van der Waals surface area (Å²) in [5, 5.41) is 13.7. The van der Waals surface area contributed by atoms with Crippen molar-refractivity contribution >= 4 is 50.5 Å². The lowest BCUT2D eigenvalue weighted by Gasteiger charge is -2.28. The minimum Gasteiger partial charge on any atom is -0.482 e. The number of nitrogens with one attached hydrogen (secondary N) is 1. The second-order valence-corrected chi connectivity index (χ2v) is 9.30. The lowest BCUT2D eigenvalue weighted by Crippen LogP contribution is -2.43. The second kappa shape index (κ2) is 9.73. The van der Waals surface area contributed by atoms with Gasteiger partial charge in [0, 0.05) is 25.2 Å². The van der Waals surface area contributed by atoms with Crippen LogP contribution in [0, 0.1) is 10.1 Å². The van der Waals surface area contributed by atoms with E-state index in [0.29, 0.717) is 0 Å². The summed E-state index contributed by atoms with van der Waals surface area (Å²) < 4.78 is 32.1. The number of amides is 2. The average molecular weight is 497 g/mol. The molecule has 2 amide bonds. The lowest BCUT2D eigenvalue weighted by atomic mass is 10.2. The number of sulfonamides is 1. The predicted octanol–water partition coefficient (Wildman–Crippen LogP) is 2.64. The van der Waals surface area contributed by atoms with Crippen LogP contribution < -0.4 is 15.0 Å². The third-order valence-electron chi connectivity index (χ3n) is 4.95. The van der Waals surface area contributed by atoms with Crippen LogP contribution in [0.4, 0.5) is 17.1 Å². The molecule has 0 radical (unpaired) electrons. The standard InChI is InChI=1S/C20H21ClN4O7S/c1-3-23(4-2)33(30,31)14-6-7-15(21)16(10-14)22-19(26)11-24-17-9-13(25(28)29)5-8-18(17)32-12-20(24)27/h5-10H,3-4,11-12H2,1-2H3,(H,22,26). The summed E-state index contributed by atoms with van der Waals surface area (Å²) >= 11 is 6.15. The zero-order valence-electron chi connectivity index (χ0n) is 17.8. The first-order chi connectivity index (χ1) is 15.6. The molecule has 0 saturated heterocycles. The molecule has 11 nitrogen and oxygen atoms in total. The Bertz CT molecular complexity index is 1210. The van der Waals surface area contributed by atoms with Crippen LogP contribution in [0.3, 0.4) is 0 Å². The molecule has 2 aromatic carbocycles. The van der Waals surface area contributed by atoms with Crippen molar-refractivity contribution in [2.45, 2.75) is 18.7 Å². The van der Waals surface area contributed by atoms with Crippen molar-refractivity contribution in [2.75, 3.05) is 36.5 Å². The summed E-state index contributed by atoms with van der Waals surface area (Å²) in [6, 6.07) is 7.66. The minimum atomic E-state index is -3.79. The zero-order valence-corrected chi connectivity index (χ0v) is 19.4. The van der Waals surface area contributed by atoms with Crippen LogP contribution in [0.1, 0.15) is 13.8 Å². The smallest absolute Gasteiger partial charge is 0.271 e. The summed E-state index contributed by atoms with van der Waals surface area (Å²) in [6.45, 7) is 3.14. The van der Waals surface area contributed by atoms with Crippen molar-refractivity contribution < 1.29 is 27.7 Å². The van der Waals surface area contributed by atoms with Crippen LogP contribution in [0.15, 0.2) is 41.3 Å². The van der Waals surface area contributed by atoms with E-state index in [2.05, 4.69) is 5.32 Å². The molecule has 0 aromatic heterocycles. The highest BCUT2D eigenvalue weighted by atomic mass is 35.5. The zero-order chi connectivity index (χ0) is 24.3. The number of rotatable bonds is 8. The van der Waals surface area contributed by atoms with E-state index >= 15 is 0 Å². The number of benzene rings is 2. The number of anilines is 2. The highest BCUT2D eigenvalue weighted by Crippen LogP contribution is 2.35. The summed E-state index contributed by atoms with van der Waals surface area (Å²) in [5.74, 6) is -1.03. The Morgan fingerprint density at radius 2 is 1.94 bits per heavy atom. The lowest BCUT2D eigenvalue weighted by molar-refractivity contribution is -0.384. The molecule has 1 aliphatic heterocycles. The molecule has 0 bridgehead atoms. The fourth-order valence-corrected chi connectivity index (χ4v) is 4.93. The molecular formula is C20H21ClN4O7S. The predicted molar refractivity (Wildman–Crippen MR) is 121 cm³/mol. The number of fused-ring (bicyclic) bond motifs is 1. The number of nitro benzene ring substituents is 1. The first-order valence-electron chi connectivity index (χ1n) is 9.89. The Hall–Kier alpha value is -3.22. The number of hydrogen-bond donors (Lipinski definition) is 1. The maximum atomic E-state index is 12.8. The summed E-state index contributed by atoms with van der Waals surface area (Å²) in [4.78, 5) is 36.6. The van der Waals surface area contributed by atoms with E-state index in [1.54, 1.807) is 13.8 Å². The fraction of sp³-hybridized carbons (Fsp3) is 0.300. The molecule has 1 N–H and O–H groups in total. The van der Waals surface area contributed by atoms with Gasteiger partial charge in [0.25, 0.3) is 11.6 Å². The van der Waals surface area contributed by atoms with Gasteiger partial charge in [-0.3, -0.25) is 24.6 Å². The quantitative estimate of drug-likeness (QED) is 0.437. The highest BCUT2D eigenvalue weighted by molar-refractivity contribution is 7.89. The largest absolute Gasteiger partial charge is 0.482 e. The van der Waals surface area contributed by atoms with Crippen LogP contribution in [0.2, 0.25) is 5.02 Å². The Labute approximate surface area is 195 Å². The van der Waals surface area contributed by atoms with E-state index in [4.69, 9.17) is 16.3 Å². The van der Waals surface area contributed by atoms with Crippen LogP contribution in [0.5, 0.6) is 5.75 Å². The topological polar surface area (TPSA) is 139 Å². The van der Waals surface area contributed by atoms with Gasteiger partial charge in [-0.15, -0.1) is 0 Å². The number of ether oxygens (including phenoxy) is 1. The maximum absolute atomic E-state index is 12.8. The van der Waals surface area contributed by atoms with Gasteiger partial charge in [-0.25, -0.2) is 8.42 Å². The number of hydrogen-bond acceptors (Lipinski definition) is 7. The van der Waals surface area contributed by atoms with Gasteiger partial charge < -0.3 is 10.1 Å². The van der Waals surface area contributed by atoms with Crippen molar-refractivity contribution in [3.05, 3.63) is 51.5 Å². The number of non-ortho nitro benzene ring substituents is 1. The van der Waals surface area contributed by atoms with Crippen LogP contribution in [-0.2, 0) is 19.6 Å². The van der Waals surface area contributed by atoms with Crippen molar-refractivity contribution in [3.8, 4) is 5.75 Å². The van der Waals surface area contributed by atoms with Crippen LogP contribution >= 0.6 is 11.6 Å². The monoisotopic (exact) mass is 496 g/mol. The molecule has 13 heteroatoms. The van der Waals surface area contributed by atoms with Crippen molar-refractivity contribution in [3.63, 3.8) is 0 Å². The third-order valence-corrected chi connectivity index (χ3v) is 7.33. The molecule has 0 fully saturated rings. The van der Waals surface area contributed by atoms with Gasteiger partial charge >= 0.3 is 0 Å². The van der Waals surface area contributed by atoms with Gasteiger partial charge in [0.1, 0.15) is 12.3 Å². The Kier molecular flexibility index (Phi) is 7.20. The van der Waals surface area contributed by atoms with E-state index < -0.39 is 33.3 Å². The minimum absolute atomic E-state index is 0.0469. The number of nitro groups is 1. The molecule has 33 heavy (non-hydrogen) atoms. The molecule has 1 aliphatic rings. The SMILES string of the molecule is CCN(CC)S(=O)(=O)c1ccc(Cl)c(NC(=O)CN2C(=O)COc3ccc([N+](=O)[O-])cc32)c1. The van der Waals surface area contributed by atoms with Gasteiger partial charge in [-0.05, 0) is 24.3 Å². The number of nitrogens with zero attached hydrogens (tertiary/aromatic N) is 3. The van der Waals surface area contributed by atoms with Gasteiger partial charge in [-0.2, -0.15) is 4.31 Å². The molecule has 0 aliphatic carbocycles. The van der Waals surface area contributed by atoms with E-state index in [1.165, 1.54) is 34.6 Å². The van der Waals surface area contributed by atoms with Gasteiger partial charge in [-0.1, -0.05) is 25.4 Å². The molecule has 176 valence electrons.